The largest absolute Gasteiger partial charge is 1.00 e. The fourth-order valence-corrected chi connectivity index (χ4v) is 4.57. The van der Waals surface area contributed by atoms with Gasteiger partial charge < -0.3 is 27.4 Å². The summed E-state index contributed by atoms with van der Waals surface area (Å²) in [5.41, 5.74) is 2.13. The maximum Gasteiger partial charge on any atom is 0.0803 e. The average Bonchev–Trinajstić information content (AvgIpc) is 2.73. The molecular weight excluding hydrogens is 394 g/mol. The van der Waals surface area contributed by atoms with Gasteiger partial charge in [0.05, 0.1) is 25.4 Å². The molecule has 2 N–H and O–H groups in total. The van der Waals surface area contributed by atoms with E-state index in [0.717, 1.165) is 31.9 Å². The minimum absolute atomic E-state index is 0. The molecule has 1 aliphatic rings. The van der Waals surface area contributed by atoms with Gasteiger partial charge in [0.15, 0.2) is 0 Å². The highest BCUT2D eigenvalue weighted by Crippen LogP contribution is 2.37. The van der Waals surface area contributed by atoms with Gasteiger partial charge in [-0.1, -0.05) is 60.7 Å². The van der Waals surface area contributed by atoms with Crippen molar-refractivity contribution in [3.63, 3.8) is 0 Å². The van der Waals surface area contributed by atoms with Crippen molar-refractivity contribution in [3.05, 3.63) is 71.8 Å². The third-order valence-electron chi connectivity index (χ3n) is 4.86. The van der Waals surface area contributed by atoms with Gasteiger partial charge in [-0.15, -0.1) is 0 Å². The molecular formula is C22H29ClNO3S-. The van der Waals surface area contributed by atoms with Gasteiger partial charge in [-0.05, 0) is 17.5 Å². The summed E-state index contributed by atoms with van der Waals surface area (Å²) < 4.78 is 5.37. The molecule has 154 valence electrons. The van der Waals surface area contributed by atoms with E-state index in [1.165, 1.54) is 5.56 Å². The lowest BCUT2D eigenvalue weighted by Crippen LogP contribution is -3.00. The topological polar surface area (TPSA) is 52.9 Å². The summed E-state index contributed by atoms with van der Waals surface area (Å²) in [6.45, 7) is 3.94. The number of aliphatic hydroxyl groups excluding tert-OH is 2. The molecule has 1 aliphatic heterocycles. The van der Waals surface area contributed by atoms with Crippen LogP contribution in [0.5, 0.6) is 0 Å². The molecule has 1 saturated heterocycles. The Morgan fingerprint density at radius 2 is 1.46 bits per heavy atom. The van der Waals surface area contributed by atoms with Crippen molar-refractivity contribution in [3.8, 4) is 0 Å². The molecule has 4 nitrogen and oxygen atoms in total. The van der Waals surface area contributed by atoms with Gasteiger partial charge >= 0.3 is 0 Å². The number of β-amino-alcohol motifs (C(OH)–C–C–N with tert-alkyl or cyclic N) is 1. The van der Waals surface area contributed by atoms with Gasteiger partial charge in [0, 0.05) is 30.6 Å². The molecule has 2 aromatic carbocycles. The highest BCUT2D eigenvalue weighted by atomic mass is 35.5. The second-order valence-corrected chi connectivity index (χ2v) is 8.20. The van der Waals surface area contributed by atoms with E-state index in [-0.39, 0.29) is 23.8 Å². The number of hydrogen-bond donors (Lipinski definition) is 2. The van der Waals surface area contributed by atoms with Crippen LogP contribution in [0, 0.1) is 0 Å². The number of hydrogen-bond acceptors (Lipinski definition) is 5. The molecule has 1 heterocycles. The summed E-state index contributed by atoms with van der Waals surface area (Å²) in [6.07, 6.45) is -0.267. The van der Waals surface area contributed by atoms with Crippen LogP contribution in [0.4, 0.5) is 0 Å². The molecule has 6 heteroatoms. The summed E-state index contributed by atoms with van der Waals surface area (Å²) in [7, 11) is 0. The zero-order chi connectivity index (χ0) is 18.9. The minimum Gasteiger partial charge on any atom is -1.00 e. The molecule has 3 rings (SSSR count). The maximum absolute atomic E-state index is 10.7. The molecule has 1 fully saturated rings. The predicted molar refractivity (Wildman–Crippen MR) is 111 cm³/mol. The van der Waals surface area contributed by atoms with E-state index in [2.05, 4.69) is 17.0 Å². The number of nitrogens with zero attached hydrogens (tertiary/aromatic N) is 1. The normalized spacial score (nSPS) is 18.1. The molecule has 0 spiro atoms. The van der Waals surface area contributed by atoms with Crippen LogP contribution in [0.25, 0.3) is 0 Å². The molecule has 0 aromatic heterocycles. The number of benzene rings is 2. The Kier molecular flexibility index (Phi) is 10.3. The van der Waals surface area contributed by atoms with E-state index in [9.17, 15) is 10.2 Å². The fraction of sp³-hybridized carbons (Fsp3) is 0.455. The van der Waals surface area contributed by atoms with Gasteiger partial charge in [0.2, 0.25) is 0 Å². The van der Waals surface area contributed by atoms with Crippen LogP contribution < -0.4 is 12.4 Å². The number of aliphatic hydroxyl groups is 2. The summed E-state index contributed by atoms with van der Waals surface area (Å²) in [5, 5.41) is 21.3. The number of morpholine rings is 1. The van der Waals surface area contributed by atoms with Crippen LogP contribution in [-0.2, 0) is 4.74 Å². The Morgan fingerprint density at radius 1 is 0.893 bits per heavy atom. The Balaban J connectivity index is 0.00000280. The lowest BCUT2D eigenvalue weighted by Gasteiger charge is -2.29. The summed E-state index contributed by atoms with van der Waals surface area (Å²) in [6, 6.07) is 20.1. The van der Waals surface area contributed by atoms with Crippen LogP contribution in [0.1, 0.15) is 28.9 Å². The van der Waals surface area contributed by atoms with E-state index in [4.69, 9.17) is 4.74 Å². The molecule has 3 atom stereocenters. The van der Waals surface area contributed by atoms with E-state index in [1.54, 1.807) is 11.8 Å². The second kappa shape index (κ2) is 12.5. The fourth-order valence-electron chi connectivity index (χ4n) is 3.34. The Bertz CT molecular complexity index is 655. The summed E-state index contributed by atoms with van der Waals surface area (Å²) >= 11 is 1.73. The van der Waals surface area contributed by atoms with Crippen LogP contribution in [0.15, 0.2) is 60.7 Å². The smallest absolute Gasteiger partial charge is 0.0803 e. The Labute approximate surface area is 178 Å². The lowest BCUT2D eigenvalue weighted by molar-refractivity contribution is -0.0000176. The van der Waals surface area contributed by atoms with Crippen molar-refractivity contribution in [1.82, 2.24) is 4.90 Å². The van der Waals surface area contributed by atoms with E-state index < -0.39 is 6.10 Å². The highest BCUT2D eigenvalue weighted by molar-refractivity contribution is 7.99. The number of thioether (sulfide) groups is 1. The molecule has 0 saturated carbocycles. The maximum atomic E-state index is 10.7. The van der Waals surface area contributed by atoms with Gasteiger partial charge in [-0.3, -0.25) is 4.90 Å². The lowest BCUT2D eigenvalue weighted by atomic mass is 10.0. The minimum atomic E-state index is -0.514. The van der Waals surface area contributed by atoms with Crippen LogP contribution >= 0.6 is 11.8 Å². The van der Waals surface area contributed by atoms with Gasteiger partial charge in [-0.25, -0.2) is 0 Å². The molecule has 0 bridgehead atoms. The molecule has 0 amide bonds. The second-order valence-electron chi connectivity index (χ2n) is 6.96. The first-order valence-corrected chi connectivity index (χ1v) is 10.6. The summed E-state index contributed by atoms with van der Waals surface area (Å²) in [5.74, 6) is 0.651. The van der Waals surface area contributed by atoms with E-state index >= 15 is 0 Å². The van der Waals surface area contributed by atoms with Crippen molar-refractivity contribution in [1.29, 1.82) is 0 Å². The van der Waals surface area contributed by atoms with Gasteiger partial charge in [0.1, 0.15) is 0 Å². The molecule has 0 aliphatic carbocycles. The molecule has 3 unspecified atom stereocenters. The first-order chi connectivity index (χ1) is 13.2. The zero-order valence-corrected chi connectivity index (χ0v) is 17.6. The monoisotopic (exact) mass is 422 g/mol. The molecule has 28 heavy (non-hydrogen) atoms. The van der Waals surface area contributed by atoms with Crippen molar-refractivity contribution in [2.45, 2.75) is 23.9 Å². The van der Waals surface area contributed by atoms with Gasteiger partial charge in [0.25, 0.3) is 0 Å². The van der Waals surface area contributed by atoms with E-state index in [0.29, 0.717) is 18.7 Å². The van der Waals surface area contributed by atoms with Crippen molar-refractivity contribution in [2.75, 3.05) is 38.6 Å². The Hall–Kier alpha value is -1.08. The molecule has 0 radical (unpaired) electrons. The van der Waals surface area contributed by atoms with Crippen molar-refractivity contribution >= 4 is 11.8 Å². The highest BCUT2D eigenvalue weighted by Gasteiger charge is 2.21. The van der Waals surface area contributed by atoms with Crippen molar-refractivity contribution < 1.29 is 27.4 Å². The number of rotatable bonds is 9. The van der Waals surface area contributed by atoms with Crippen LogP contribution in [-0.4, -0.2) is 59.8 Å². The van der Waals surface area contributed by atoms with E-state index in [1.807, 2.05) is 48.5 Å². The number of halogens is 1. The van der Waals surface area contributed by atoms with Crippen molar-refractivity contribution in [2.24, 2.45) is 0 Å². The SMILES string of the molecule is OC(CSC(CC(O)c1ccccc1)c1ccccc1)CN1CCOCC1.[Cl-]. The average molecular weight is 423 g/mol. The quantitative estimate of drug-likeness (QED) is 0.608. The van der Waals surface area contributed by atoms with Crippen LogP contribution in [0.2, 0.25) is 0 Å². The zero-order valence-electron chi connectivity index (χ0n) is 16.0. The first kappa shape index (κ1) is 23.2. The van der Waals surface area contributed by atoms with Gasteiger partial charge in [-0.2, -0.15) is 11.8 Å². The third-order valence-corrected chi connectivity index (χ3v) is 6.30. The third kappa shape index (κ3) is 7.39. The standard InChI is InChI=1S/C22H29NO3S.ClH/c24-20(16-23-11-13-26-14-12-23)17-27-22(19-9-5-2-6-10-19)15-21(25)18-7-3-1-4-8-18;/h1-10,20-22,24-25H,11-17H2;1H/p-1. The molecule has 2 aromatic rings. The van der Waals surface area contributed by atoms with Crippen LogP contribution in [0.3, 0.4) is 0 Å². The Morgan fingerprint density at radius 3 is 2.07 bits per heavy atom. The predicted octanol–water partition coefficient (Wildman–Crippen LogP) is 0.282. The number of ether oxygens (including phenoxy) is 1. The summed E-state index contributed by atoms with van der Waals surface area (Å²) in [4.78, 5) is 2.26. The first-order valence-electron chi connectivity index (χ1n) is 9.60.